The van der Waals surface area contributed by atoms with Gasteiger partial charge < -0.3 is 0 Å². The average Bonchev–Trinajstić information content (AvgIpc) is 2.29. The van der Waals surface area contributed by atoms with Crippen LogP contribution in [0.2, 0.25) is 0 Å². The first-order chi connectivity index (χ1) is 7.99. The molecular formula is C11H8ClFN2O2. The molecule has 0 fully saturated rings. The Labute approximate surface area is 102 Å². The SMILES string of the molecule is CC/C(C#N)=C(/Cl)c1cc(F)cc([N+](=O)[O-])c1. The van der Waals surface area contributed by atoms with Gasteiger partial charge in [-0.3, -0.25) is 10.1 Å². The molecule has 0 saturated carbocycles. The van der Waals surface area contributed by atoms with E-state index in [0.717, 1.165) is 18.2 Å². The maximum Gasteiger partial charge on any atom is 0.273 e. The number of nitriles is 1. The summed E-state index contributed by atoms with van der Waals surface area (Å²) in [5.41, 5.74) is -0.00475. The molecule has 0 heterocycles. The lowest BCUT2D eigenvalue weighted by molar-refractivity contribution is -0.385. The van der Waals surface area contributed by atoms with Crippen LogP contribution in [0.15, 0.2) is 23.8 Å². The van der Waals surface area contributed by atoms with Gasteiger partial charge >= 0.3 is 0 Å². The summed E-state index contributed by atoms with van der Waals surface area (Å²) in [6, 6.07) is 4.87. The molecule has 0 atom stereocenters. The molecule has 0 aliphatic carbocycles. The van der Waals surface area contributed by atoms with Crippen LogP contribution < -0.4 is 0 Å². The number of rotatable bonds is 3. The summed E-state index contributed by atoms with van der Waals surface area (Å²) < 4.78 is 13.2. The third-order valence-electron chi connectivity index (χ3n) is 2.10. The highest BCUT2D eigenvalue weighted by atomic mass is 35.5. The second kappa shape index (κ2) is 5.41. The number of hydrogen-bond acceptors (Lipinski definition) is 3. The van der Waals surface area contributed by atoms with Crippen molar-refractivity contribution in [3.05, 3.63) is 45.3 Å². The normalized spacial score (nSPS) is 11.6. The fourth-order valence-electron chi connectivity index (χ4n) is 1.26. The Morgan fingerprint density at radius 2 is 2.24 bits per heavy atom. The van der Waals surface area contributed by atoms with Crippen molar-refractivity contribution in [2.75, 3.05) is 0 Å². The highest BCUT2D eigenvalue weighted by Gasteiger charge is 2.13. The topological polar surface area (TPSA) is 66.9 Å². The maximum atomic E-state index is 13.2. The van der Waals surface area contributed by atoms with Crippen molar-refractivity contribution in [3.63, 3.8) is 0 Å². The molecule has 6 heteroatoms. The van der Waals surface area contributed by atoms with Gasteiger partial charge in [0, 0.05) is 17.2 Å². The monoisotopic (exact) mass is 254 g/mol. The molecule has 0 saturated heterocycles. The van der Waals surface area contributed by atoms with E-state index in [9.17, 15) is 14.5 Å². The predicted octanol–water partition coefficient (Wildman–Crippen LogP) is 3.62. The van der Waals surface area contributed by atoms with E-state index in [2.05, 4.69) is 0 Å². The van der Waals surface area contributed by atoms with E-state index in [-0.39, 0.29) is 16.2 Å². The largest absolute Gasteiger partial charge is 0.273 e. The van der Waals surface area contributed by atoms with Crippen LogP contribution in [-0.2, 0) is 0 Å². The Kier molecular flexibility index (Phi) is 4.18. The lowest BCUT2D eigenvalue weighted by Gasteiger charge is -2.02. The minimum absolute atomic E-state index is 0.0394. The Balaban J connectivity index is 3.38. The third kappa shape index (κ3) is 3.02. The summed E-state index contributed by atoms with van der Waals surface area (Å²) in [6.07, 6.45) is 0.375. The third-order valence-corrected chi connectivity index (χ3v) is 2.55. The zero-order chi connectivity index (χ0) is 13.0. The van der Waals surface area contributed by atoms with Crippen molar-refractivity contribution in [2.24, 2.45) is 0 Å². The molecule has 17 heavy (non-hydrogen) atoms. The smallest absolute Gasteiger partial charge is 0.258 e. The fraction of sp³-hybridized carbons (Fsp3) is 0.182. The molecule has 1 aromatic carbocycles. The molecule has 1 aromatic rings. The number of allylic oxidation sites excluding steroid dienone is 1. The van der Waals surface area contributed by atoms with E-state index in [0.29, 0.717) is 6.42 Å². The quantitative estimate of drug-likeness (QED) is 0.470. The molecule has 4 nitrogen and oxygen atoms in total. The first-order valence-electron chi connectivity index (χ1n) is 4.73. The number of nitrogens with zero attached hydrogens (tertiary/aromatic N) is 2. The van der Waals surface area contributed by atoms with Crippen LogP contribution in [0.5, 0.6) is 0 Å². The van der Waals surface area contributed by atoms with Crippen molar-refractivity contribution in [3.8, 4) is 6.07 Å². The minimum atomic E-state index is -0.763. The Hall–Kier alpha value is -1.93. The molecule has 0 N–H and O–H groups in total. The van der Waals surface area contributed by atoms with Gasteiger partial charge in [-0.1, -0.05) is 18.5 Å². The van der Waals surface area contributed by atoms with Gasteiger partial charge in [0.05, 0.1) is 22.1 Å². The summed E-state index contributed by atoms with van der Waals surface area (Å²) >= 11 is 5.89. The lowest BCUT2D eigenvalue weighted by Crippen LogP contribution is -1.92. The minimum Gasteiger partial charge on any atom is -0.258 e. The molecule has 0 bridgehead atoms. The van der Waals surface area contributed by atoms with Crippen LogP contribution in [0.25, 0.3) is 5.03 Å². The number of benzene rings is 1. The zero-order valence-corrected chi connectivity index (χ0v) is 9.66. The highest BCUT2D eigenvalue weighted by molar-refractivity contribution is 6.49. The van der Waals surface area contributed by atoms with Crippen LogP contribution in [0.3, 0.4) is 0 Å². The van der Waals surface area contributed by atoms with Gasteiger partial charge in [-0.2, -0.15) is 5.26 Å². The molecule has 0 aromatic heterocycles. The summed E-state index contributed by atoms with van der Waals surface area (Å²) in [7, 11) is 0. The number of halogens is 2. The molecule has 0 spiro atoms. The van der Waals surface area contributed by atoms with E-state index in [1.807, 2.05) is 6.07 Å². The van der Waals surface area contributed by atoms with Crippen LogP contribution >= 0.6 is 11.6 Å². The van der Waals surface area contributed by atoms with E-state index < -0.39 is 16.4 Å². The van der Waals surface area contributed by atoms with Crippen LogP contribution in [0.1, 0.15) is 18.9 Å². The average molecular weight is 255 g/mol. The lowest BCUT2D eigenvalue weighted by atomic mass is 10.1. The summed E-state index contributed by atoms with van der Waals surface area (Å²) in [5, 5.41) is 19.4. The first-order valence-corrected chi connectivity index (χ1v) is 5.11. The van der Waals surface area contributed by atoms with Crippen molar-refractivity contribution < 1.29 is 9.31 Å². The van der Waals surface area contributed by atoms with E-state index >= 15 is 0 Å². The number of nitro benzene ring substituents is 1. The second-order valence-electron chi connectivity index (χ2n) is 3.21. The maximum absolute atomic E-state index is 13.2. The molecule has 0 radical (unpaired) electrons. The number of non-ortho nitro benzene ring substituents is 1. The van der Waals surface area contributed by atoms with Crippen LogP contribution in [-0.4, -0.2) is 4.92 Å². The Morgan fingerprint density at radius 1 is 1.59 bits per heavy atom. The van der Waals surface area contributed by atoms with Crippen molar-refractivity contribution in [2.45, 2.75) is 13.3 Å². The van der Waals surface area contributed by atoms with Crippen molar-refractivity contribution in [1.29, 1.82) is 5.26 Å². The molecule has 88 valence electrons. The second-order valence-corrected chi connectivity index (χ2v) is 3.59. The van der Waals surface area contributed by atoms with Gasteiger partial charge in [0.1, 0.15) is 5.82 Å². The summed E-state index contributed by atoms with van der Waals surface area (Å²) in [4.78, 5) is 9.84. The van der Waals surface area contributed by atoms with Crippen molar-refractivity contribution >= 4 is 22.3 Å². The first kappa shape index (κ1) is 13.1. The van der Waals surface area contributed by atoms with Gasteiger partial charge in [-0.25, -0.2) is 4.39 Å². The molecule has 0 aliphatic heterocycles. The summed E-state index contributed by atoms with van der Waals surface area (Å²) in [6.45, 7) is 1.72. The highest BCUT2D eigenvalue weighted by Crippen LogP contribution is 2.28. The number of nitro groups is 1. The van der Waals surface area contributed by atoms with E-state index in [1.165, 1.54) is 0 Å². The molecule has 1 rings (SSSR count). The van der Waals surface area contributed by atoms with Gasteiger partial charge in [-0.05, 0) is 12.5 Å². The van der Waals surface area contributed by atoms with Gasteiger partial charge in [-0.15, -0.1) is 0 Å². The Bertz CT molecular complexity index is 535. The van der Waals surface area contributed by atoms with Gasteiger partial charge in [0.15, 0.2) is 0 Å². The standard InChI is InChI=1S/C11H8ClFN2O2/c1-2-7(6-14)11(12)8-3-9(13)5-10(4-8)15(16)17/h3-5H,2H2,1H3/b11-7-. The molecular weight excluding hydrogens is 247 g/mol. The predicted molar refractivity (Wildman–Crippen MR) is 61.7 cm³/mol. The molecule has 0 amide bonds. The van der Waals surface area contributed by atoms with Crippen LogP contribution in [0.4, 0.5) is 10.1 Å². The van der Waals surface area contributed by atoms with E-state index in [1.54, 1.807) is 6.92 Å². The summed E-state index contributed by atoms with van der Waals surface area (Å²) in [5.74, 6) is -0.763. The van der Waals surface area contributed by atoms with E-state index in [4.69, 9.17) is 16.9 Å². The Morgan fingerprint density at radius 3 is 2.71 bits per heavy atom. The zero-order valence-electron chi connectivity index (χ0n) is 8.91. The number of hydrogen-bond donors (Lipinski definition) is 0. The van der Waals surface area contributed by atoms with Gasteiger partial charge in [0.25, 0.3) is 5.69 Å². The van der Waals surface area contributed by atoms with Crippen LogP contribution in [0, 0.1) is 27.3 Å². The molecule has 0 unspecified atom stereocenters. The molecule has 0 aliphatic rings. The van der Waals surface area contributed by atoms with Crippen molar-refractivity contribution in [1.82, 2.24) is 0 Å². The van der Waals surface area contributed by atoms with Gasteiger partial charge in [0.2, 0.25) is 0 Å². The fourth-order valence-corrected chi connectivity index (χ4v) is 1.55.